The van der Waals surface area contributed by atoms with Crippen molar-refractivity contribution in [2.45, 2.75) is 12.8 Å². The molecular weight excluding hydrogens is 337 g/mol. The number of aromatic nitrogens is 6. The highest BCUT2D eigenvalue weighted by Crippen LogP contribution is 2.31. The molecular formula is C15H11F3N6O. The van der Waals surface area contributed by atoms with E-state index in [9.17, 15) is 13.2 Å². The lowest BCUT2D eigenvalue weighted by atomic mass is 10.1. The molecule has 0 saturated carbocycles. The van der Waals surface area contributed by atoms with Gasteiger partial charge in [-0.3, -0.25) is 0 Å². The minimum atomic E-state index is -4.44. The van der Waals surface area contributed by atoms with Gasteiger partial charge in [0.15, 0.2) is 22.9 Å². The van der Waals surface area contributed by atoms with Crippen molar-refractivity contribution in [3.05, 3.63) is 42.0 Å². The lowest BCUT2D eigenvalue weighted by molar-refractivity contribution is -0.137. The number of fused-ring (bicyclic) bond motifs is 3. The molecule has 0 bridgehead atoms. The van der Waals surface area contributed by atoms with Crippen LogP contribution in [0.3, 0.4) is 0 Å². The van der Waals surface area contributed by atoms with E-state index in [2.05, 4.69) is 25.0 Å². The van der Waals surface area contributed by atoms with Crippen molar-refractivity contribution in [3.8, 4) is 11.4 Å². The van der Waals surface area contributed by atoms with E-state index in [4.69, 9.17) is 4.74 Å². The summed E-state index contributed by atoms with van der Waals surface area (Å²) in [5.41, 5.74) is 0.899. The number of rotatable bonds is 3. The van der Waals surface area contributed by atoms with Crippen LogP contribution in [0.5, 0.6) is 0 Å². The standard InChI is InChI=1S/C15H11F3N6O/c1-25-6-10-21-13-11(19-7-20-13)14-22-12(23-24(10)14)8-3-2-4-9(5-8)15(16,17)18/h2-5,7H,6H2,1H3,(H,19,20). The Morgan fingerprint density at radius 3 is 2.84 bits per heavy atom. The molecule has 0 aliphatic heterocycles. The van der Waals surface area contributed by atoms with Crippen LogP contribution in [0.25, 0.3) is 28.2 Å². The quantitative estimate of drug-likeness (QED) is 0.616. The van der Waals surface area contributed by atoms with E-state index in [0.717, 1.165) is 12.1 Å². The third kappa shape index (κ3) is 2.60. The van der Waals surface area contributed by atoms with E-state index in [1.54, 1.807) is 0 Å². The van der Waals surface area contributed by atoms with Crippen molar-refractivity contribution in [2.75, 3.05) is 7.11 Å². The zero-order valence-corrected chi connectivity index (χ0v) is 12.9. The molecule has 0 saturated heterocycles. The highest BCUT2D eigenvalue weighted by atomic mass is 19.4. The third-order valence-electron chi connectivity index (χ3n) is 3.65. The molecule has 3 heterocycles. The fourth-order valence-electron chi connectivity index (χ4n) is 2.54. The van der Waals surface area contributed by atoms with E-state index < -0.39 is 11.7 Å². The van der Waals surface area contributed by atoms with Crippen LogP contribution in [0.4, 0.5) is 13.2 Å². The Labute approximate surface area is 138 Å². The summed E-state index contributed by atoms with van der Waals surface area (Å²) >= 11 is 0. The third-order valence-corrected chi connectivity index (χ3v) is 3.65. The number of hydrogen-bond donors (Lipinski definition) is 1. The van der Waals surface area contributed by atoms with E-state index in [-0.39, 0.29) is 18.0 Å². The Morgan fingerprint density at radius 2 is 2.08 bits per heavy atom. The minimum absolute atomic E-state index is 0.157. The number of alkyl halides is 3. The molecule has 7 nitrogen and oxygen atoms in total. The maximum absolute atomic E-state index is 12.9. The molecule has 0 unspecified atom stereocenters. The van der Waals surface area contributed by atoms with Crippen molar-refractivity contribution in [3.63, 3.8) is 0 Å². The molecule has 1 aromatic carbocycles. The van der Waals surface area contributed by atoms with Crippen LogP contribution in [0.1, 0.15) is 11.4 Å². The largest absolute Gasteiger partial charge is 0.416 e. The molecule has 10 heteroatoms. The molecule has 3 aromatic heterocycles. The number of methoxy groups -OCH3 is 1. The van der Waals surface area contributed by atoms with Crippen LogP contribution in [-0.4, -0.2) is 36.7 Å². The summed E-state index contributed by atoms with van der Waals surface area (Å²) in [6.07, 6.45) is -2.97. The molecule has 0 radical (unpaired) electrons. The first-order valence-electron chi connectivity index (χ1n) is 7.22. The molecule has 128 valence electrons. The number of benzene rings is 1. The van der Waals surface area contributed by atoms with Gasteiger partial charge >= 0.3 is 6.18 Å². The van der Waals surface area contributed by atoms with Gasteiger partial charge in [0.05, 0.1) is 11.9 Å². The second-order valence-corrected chi connectivity index (χ2v) is 5.31. The van der Waals surface area contributed by atoms with Gasteiger partial charge in [-0.1, -0.05) is 12.1 Å². The number of H-pyrrole nitrogens is 1. The van der Waals surface area contributed by atoms with Crippen molar-refractivity contribution in [1.29, 1.82) is 0 Å². The Morgan fingerprint density at radius 1 is 1.24 bits per heavy atom. The van der Waals surface area contributed by atoms with Gasteiger partial charge in [-0.15, -0.1) is 5.10 Å². The van der Waals surface area contributed by atoms with Crippen molar-refractivity contribution in [2.24, 2.45) is 0 Å². The topological polar surface area (TPSA) is 81.0 Å². The zero-order valence-electron chi connectivity index (χ0n) is 12.9. The summed E-state index contributed by atoms with van der Waals surface area (Å²) in [7, 11) is 1.51. The first-order valence-corrected chi connectivity index (χ1v) is 7.22. The molecule has 0 spiro atoms. The van der Waals surface area contributed by atoms with Gasteiger partial charge in [-0.05, 0) is 12.1 Å². The monoisotopic (exact) mass is 348 g/mol. The number of hydrogen-bond acceptors (Lipinski definition) is 5. The minimum Gasteiger partial charge on any atom is -0.377 e. The second-order valence-electron chi connectivity index (χ2n) is 5.31. The second kappa shape index (κ2) is 5.52. The predicted octanol–water partition coefficient (Wildman–Crippen LogP) is 2.83. The van der Waals surface area contributed by atoms with Crippen molar-refractivity contribution >= 4 is 16.8 Å². The molecule has 4 aromatic rings. The Hall–Kier alpha value is -3.01. The van der Waals surface area contributed by atoms with Gasteiger partial charge in [-0.2, -0.15) is 17.7 Å². The molecule has 0 aliphatic rings. The number of aromatic amines is 1. The SMILES string of the molecule is COCc1nc2nc[nH]c2c2nc(-c3cccc(C(F)(F)F)c3)nn12. The summed E-state index contributed by atoms with van der Waals surface area (Å²) in [6, 6.07) is 4.87. The van der Waals surface area contributed by atoms with Crippen LogP contribution in [0.15, 0.2) is 30.6 Å². The highest BCUT2D eigenvalue weighted by Gasteiger charge is 2.30. The molecule has 25 heavy (non-hydrogen) atoms. The van der Waals surface area contributed by atoms with Crippen LogP contribution in [0.2, 0.25) is 0 Å². The van der Waals surface area contributed by atoms with Crippen LogP contribution < -0.4 is 0 Å². The summed E-state index contributed by atoms with van der Waals surface area (Å²) in [6.45, 7) is 0.157. The molecule has 0 amide bonds. The number of halogens is 3. The average molecular weight is 348 g/mol. The van der Waals surface area contributed by atoms with Gasteiger partial charge in [0.1, 0.15) is 12.1 Å². The van der Waals surface area contributed by atoms with E-state index >= 15 is 0 Å². The fraction of sp³-hybridized carbons (Fsp3) is 0.200. The number of ether oxygens (including phenoxy) is 1. The van der Waals surface area contributed by atoms with Crippen molar-refractivity contribution in [1.82, 2.24) is 29.5 Å². The molecule has 1 N–H and O–H groups in total. The zero-order chi connectivity index (χ0) is 17.6. The van der Waals surface area contributed by atoms with Gasteiger partial charge in [0, 0.05) is 12.7 Å². The van der Waals surface area contributed by atoms with E-state index in [1.807, 2.05) is 0 Å². The summed E-state index contributed by atoms with van der Waals surface area (Å²) in [4.78, 5) is 15.7. The van der Waals surface area contributed by atoms with Crippen molar-refractivity contribution < 1.29 is 17.9 Å². The van der Waals surface area contributed by atoms with E-state index in [0.29, 0.717) is 22.6 Å². The normalized spacial score (nSPS) is 12.3. The lowest BCUT2D eigenvalue weighted by Crippen LogP contribution is -2.05. The van der Waals surface area contributed by atoms with Gasteiger partial charge in [0.25, 0.3) is 0 Å². The predicted molar refractivity (Wildman–Crippen MR) is 81.6 cm³/mol. The summed E-state index contributed by atoms with van der Waals surface area (Å²) < 4.78 is 45.3. The first-order chi connectivity index (χ1) is 12.0. The fourth-order valence-corrected chi connectivity index (χ4v) is 2.54. The van der Waals surface area contributed by atoms with E-state index in [1.165, 1.54) is 30.1 Å². The van der Waals surface area contributed by atoms with Gasteiger partial charge < -0.3 is 9.72 Å². The average Bonchev–Trinajstić information content (AvgIpc) is 3.20. The summed E-state index contributed by atoms with van der Waals surface area (Å²) in [5.74, 6) is 0.607. The smallest absolute Gasteiger partial charge is 0.377 e. The molecule has 0 aliphatic carbocycles. The van der Waals surface area contributed by atoms with Crippen LogP contribution >= 0.6 is 0 Å². The van der Waals surface area contributed by atoms with Gasteiger partial charge in [0.2, 0.25) is 0 Å². The Kier molecular flexibility index (Phi) is 3.42. The lowest BCUT2D eigenvalue weighted by Gasteiger charge is -2.06. The van der Waals surface area contributed by atoms with Crippen LogP contribution in [0, 0.1) is 0 Å². The first kappa shape index (κ1) is 15.5. The number of nitrogens with zero attached hydrogens (tertiary/aromatic N) is 5. The molecule has 0 atom stereocenters. The van der Waals surface area contributed by atoms with Crippen LogP contribution in [-0.2, 0) is 17.5 Å². The summed E-state index contributed by atoms with van der Waals surface area (Å²) in [5, 5.41) is 4.30. The number of imidazole rings is 1. The molecule has 0 fully saturated rings. The number of nitrogens with one attached hydrogen (secondary N) is 1. The maximum Gasteiger partial charge on any atom is 0.416 e. The maximum atomic E-state index is 12.9. The highest BCUT2D eigenvalue weighted by molar-refractivity contribution is 5.85. The molecule has 4 rings (SSSR count). The van der Waals surface area contributed by atoms with Gasteiger partial charge in [-0.25, -0.2) is 15.0 Å². The Bertz CT molecular complexity index is 1070. The Balaban J connectivity index is 1.93.